The number of hydrazone groups is 1. The first-order valence-electron chi connectivity index (χ1n) is 8.76. The van der Waals surface area contributed by atoms with Gasteiger partial charge in [0.05, 0.1) is 18.0 Å². The number of phenols is 1. The van der Waals surface area contributed by atoms with E-state index in [1.807, 2.05) is 19.9 Å². The van der Waals surface area contributed by atoms with Crippen LogP contribution in [0, 0.1) is 22.2 Å². The molecule has 1 aliphatic heterocycles. The number of aromatic hydroxyl groups is 1. The second-order valence-electron chi connectivity index (χ2n) is 6.33. The van der Waals surface area contributed by atoms with E-state index in [1.165, 1.54) is 6.21 Å². The molecule has 1 heterocycles. The molecule has 1 fully saturated rings. The van der Waals surface area contributed by atoms with E-state index in [0.717, 1.165) is 44.3 Å². The number of hydrogen-bond donors (Lipinski definition) is 3. The summed E-state index contributed by atoms with van der Waals surface area (Å²) < 4.78 is 0. The van der Waals surface area contributed by atoms with E-state index in [1.54, 1.807) is 12.1 Å². The van der Waals surface area contributed by atoms with Crippen LogP contribution in [0.25, 0.3) is 0 Å². The van der Waals surface area contributed by atoms with Crippen molar-refractivity contribution in [1.29, 1.82) is 10.7 Å². The zero-order chi connectivity index (χ0) is 18.7. The van der Waals surface area contributed by atoms with E-state index >= 15 is 0 Å². The van der Waals surface area contributed by atoms with Gasteiger partial charge in [0.15, 0.2) is 0 Å². The predicted molar refractivity (Wildman–Crippen MR) is 103 cm³/mol. The number of likely N-dealkylation sites (tertiary alicyclic amines) is 1. The summed E-state index contributed by atoms with van der Waals surface area (Å²) in [6.45, 7) is 8.93. The third-order valence-corrected chi connectivity index (χ3v) is 4.37. The Hall–Kier alpha value is -2.39. The molecule has 0 aromatic heterocycles. The van der Waals surface area contributed by atoms with Crippen LogP contribution in [0.1, 0.15) is 45.6 Å². The van der Waals surface area contributed by atoms with Crippen molar-refractivity contribution in [3.05, 3.63) is 23.8 Å². The van der Waals surface area contributed by atoms with Crippen LogP contribution in [0.2, 0.25) is 0 Å². The quantitative estimate of drug-likeness (QED) is 0.413. The molecule has 0 atom stereocenters. The third kappa shape index (κ3) is 6.55. The standard InChI is InChI=1S/C17H23N5O.C2H6/c1-17(4-7-18)5-10-22(11-6-17)13-14-2-3-15(16(23)12-14)21-20-9-8-19;1-2/h2-3,8-9,12,19,21,23H,4-6,10-11,13H2,1H3;1-2H3/b19-8?,20-9-;. The van der Waals surface area contributed by atoms with Gasteiger partial charge in [-0.15, -0.1) is 0 Å². The Morgan fingerprint density at radius 3 is 2.64 bits per heavy atom. The van der Waals surface area contributed by atoms with Gasteiger partial charge in [-0.05, 0) is 49.0 Å². The van der Waals surface area contributed by atoms with Gasteiger partial charge in [-0.1, -0.05) is 26.8 Å². The lowest BCUT2D eigenvalue weighted by atomic mass is 9.78. The van der Waals surface area contributed by atoms with Crippen LogP contribution in [-0.2, 0) is 6.54 Å². The fourth-order valence-corrected chi connectivity index (χ4v) is 2.79. The largest absolute Gasteiger partial charge is 0.506 e. The summed E-state index contributed by atoms with van der Waals surface area (Å²) in [6, 6.07) is 7.79. The van der Waals surface area contributed by atoms with Crippen LogP contribution in [0.3, 0.4) is 0 Å². The lowest BCUT2D eigenvalue weighted by Gasteiger charge is -2.38. The molecule has 0 amide bonds. The summed E-state index contributed by atoms with van der Waals surface area (Å²) in [4.78, 5) is 2.36. The summed E-state index contributed by atoms with van der Waals surface area (Å²) in [6.07, 6.45) is 5.06. The highest BCUT2D eigenvalue weighted by molar-refractivity contribution is 6.14. The molecule has 0 unspecified atom stereocenters. The number of rotatable bonds is 6. The van der Waals surface area contributed by atoms with E-state index in [4.69, 9.17) is 10.7 Å². The van der Waals surface area contributed by atoms with Crippen molar-refractivity contribution in [2.75, 3.05) is 18.5 Å². The lowest BCUT2D eigenvalue weighted by Crippen LogP contribution is -2.38. The van der Waals surface area contributed by atoms with Gasteiger partial charge in [-0.25, -0.2) is 0 Å². The van der Waals surface area contributed by atoms with Crippen LogP contribution < -0.4 is 5.43 Å². The van der Waals surface area contributed by atoms with Crippen molar-refractivity contribution >= 4 is 18.1 Å². The maximum atomic E-state index is 10.0. The minimum absolute atomic E-state index is 0.147. The molecule has 0 saturated carbocycles. The summed E-state index contributed by atoms with van der Waals surface area (Å²) in [7, 11) is 0. The monoisotopic (exact) mass is 343 g/mol. The minimum atomic E-state index is 0.147. The summed E-state index contributed by atoms with van der Waals surface area (Å²) >= 11 is 0. The Balaban J connectivity index is 0.00000151. The number of nitrogens with one attached hydrogen (secondary N) is 2. The second-order valence-corrected chi connectivity index (χ2v) is 6.33. The lowest BCUT2D eigenvalue weighted by molar-refractivity contribution is 0.116. The van der Waals surface area contributed by atoms with Crippen LogP contribution in [0.15, 0.2) is 23.3 Å². The van der Waals surface area contributed by atoms with Crippen LogP contribution in [-0.4, -0.2) is 35.5 Å². The topological polar surface area (TPSA) is 95.5 Å². The van der Waals surface area contributed by atoms with E-state index in [2.05, 4.69) is 28.4 Å². The minimum Gasteiger partial charge on any atom is -0.506 e. The molecule has 6 nitrogen and oxygen atoms in total. The van der Waals surface area contributed by atoms with Gasteiger partial charge < -0.3 is 10.5 Å². The van der Waals surface area contributed by atoms with Gasteiger partial charge in [0.2, 0.25) is 0 Å². The molecular weight excluding hydrogens is 314 g/mol. The predicted octanol–water partition coefficient (Wildman–Crippen LogP) is 3.98. The molecule has 136 valence electrons. The first-order valence-corrected chi connectivity index (χ1v) is 8.76. The SMILES string of the molecule is CC.CC1(CC#N)CCN(Cc2ccc(N/N=C\C=N)c(O)c2)CC1. The van der Waals surface area contributed by atoms with Crippen molar-refractivity contribution in [3.63, 3.8) is 0 Å². The molecule has 25 heavy (non-hydrogen) atoms. The van der Waals surface area contributed by atoms with Crippen LogP contribution >= 0.6 is 0 Å². The maximum absolute atomic E-state index is 10.0. The molecule has 1 saturated heterocycles. The maximum Gasteiger partial charge on any atom is 0.140 e. The van der Waals surface area contributed by atoms with Crippen LogP contribution in [0.4, 0.5) is 5.69 Å². The number of benzene rings is 1. The summed E-state index contributed by atoms with van der Waals surface area (Å²) in [5.74, 6) is 0.149. The van der Waals surface area contributed by atoms with Gasteiger partial charge in [-0.3, -0.25) is 10.3 Å². The van der Waals surface area contributed by atoms with Gasteiger partial charge in [0.25, 0.3) is 0 Å². The summed E-state index contributed by atoms with van der Waals surface area (Å²) in [5, 5.41) is 29.6. The molecule has 0 radical (unpaired) electrons. The average Bonchev–Trinajstić information content (AvgIpc) is 2.61. The third-order valence-electron chi connectivity index (χ3n) is 4.37. The number of nitriles is 1. The number of phenolic OH excluding ortho intramolecular Hbond substituents is 1. The van der Waals surface area contributed by atoms with Gasteiger partial charge in [0.1, 0.15) is 5.75 Å². The average molecular weight is 343 g/mol. The van der Waals surface area contributed by atoms with E-state index in [-0.39, 0.29) is 11.2 Å². The molecule has 1 aromatic carbocycles. The molecular formula is C19H29N5O. The Bertz CT molecular complexity index is 613. The molecule has 0 spiro atoms. The molecule has 1 aromatic rings. The van der Waals surface area contributed by atoms with E-state index in [9.17, 15) is 5.11 Å². The Morgan fingerprint density at radius 2 is 2.08 bits per heavy atom. The highest BCUT2D eigenvalue weighted by Crippen LogP contribution is 2.34. The Labute approximate surface area is 150 Å². The number of nitrogens with zero attached hydrogens (tertiary/aromatic N) is 3. The van der Waals surface area contributed by atoms with Crippen LogP contribution in [0.5, 0.6) is 5.75 Å². The Morgan fingerprint density at radius 1 is 1.40 bits per heavy atom. The Kier molecular flexibility index (Phi) is 8.65. The summed E-state index contributed by atoms with van der Waals surface area (Å²) in [5.41, 5.74) is 4.41. The van der Waals surface area contributed by atoms with Crippen molar-refractivity contribution < 1.29 is 5.11 Å². The van der Waals surface area contributed by atoms with Crippen molar-refractivity contribution in [3.8, 4) is 11.8 Å². The smallest absolute Gasteiger partial charge is 0.140 e. The normalized spacial score (nSPS) is 16.6. The zero-order valence-electron chi connectivity index (χ0n) is 15.4. The fraction of sp³-hybridized carbons (Fsp3) is 0.526. The number of anilines is 1. The first-order chi connectivity index (χ1) is 12.1. The molecule has 1 aliphatic rings. The highest BCUT2D eigenvalue weighted by atomic mass is 16.3. The number of piperidine rings is 1. The van der Waals surface area contributed by atoms with Gasteiger partial charge in [0, 0.05) is 19.2 Å². The zero-order valence-corrected chi connectivity index (χ0v) is 15.4. The van der Waals surface area contributed by atoms with Crippen molar-refractivity contribution in [2.45, 2.75) is 46.6 Å². The molecule has 0 aliphatic carbocycles. The first kappa shape index (κ1) is 20.7. The highest BCUT2D eigenvalue weighted by Gasteiger charge is 2.29. The molecule has 6 heteroatoms. The molecule has 0 bridgehead atoms. The fourth-order valence-electron chi connectivity index (χ4n) is 2.79. The molecule has 3 N–H and O–H groups in total. The van der Waals surface area contributed by atoms with E-state index in [0.29, 0.717) is 12.1 Å². The van der Waals surface area contributed by atoms with Gasteiger partial charge in [-0.2, -0.15) is 10.4 Å². The van der Waals surface area contributed by atoms with Crippen molar-refractivity contribution in [2.24, 2.45) is 10.5 Å². The second kappa shape index (κ2) is 10.5. The number of hydrogen-bond acceptors (Lipinski definition) is 6. The molecule has 2 rings (SSSR count). The van der Waals surface area contributed by atoms with Crippen molar-refractivity contribution in [1.82, 2.24) is 4.90 Å². The van der Waals surface area contributed by atoms with Gasteiger partial charge >= 0.3 is 0 Å². The van der Waals surface area contributed by atoms with E-state index < -0.39 is 0 Å².